The molecule has 0 aromatic heterocycles. The van der Waals surface area contributed by atoms with Crippen LogP contribution in [0.2, 0.25) is 0 Å². The van der Waals surface area contributed by atoms with Crippen LogP contribution in [0.4, 0.5) is 0 Å². The number of nitrogens with zero attached hydrogens (tertiary/aromatic N) is 1. The first-order valence-electron chi connectivity index (χ1n) is 8.69. The van der Waals surface area contributed by atoms with Crippen LogP contribution in [0.1, 0.15) is 57.8 Å². The topological polar surface area (TPSA) is 29.3 Å². The Hall–Kier alpha value is -0.0800. The van der Waals surface area contributed by atoms with Crippen LogP contribution in [0.3, 0.4) is 0 Å². The number of nitrogens with two attached hydrogens (primary N) is 1. The van der Waals surface area contributed by atoms with E-state index in [-0.39, 0.29) is 0 Å². The highest BCUT2D eigenvalue weighted by atomic mass is 15.1. The molecule has 5 fully saturated rings. The van der Waals surface area contributed by atoms with Crippen molar-refractivity contribution in [3.05, 3.63) is 0 Å². The van der Waals surface area contributed by atoms with Gasteiger partial charge in [-0.25, -0.2) is 0 Å². The Morgan fingerprint density at radius 2 is 1.53 bits per heavy atom. The smallest absolute Gasteiger partial charge is 0.00514 e. The molecule has 0 amide bonds. The van der Waals surface area contributed by atoms with Gasteiger partial charge in [-0.1, -0.05) is 0 Å². The fraction of sp³-hybridized carbons (Fsp3) is 1.00. The molecule has 2 nitrogen and oxygen atoms in total. The van der Waals surface area contributed by atoms with Gasteiger partial charge >= 0.3 is 0 Å². The Morgan fingerprint density at radius 1 is 0.895 bits per heavy atom. The summed E-state index contributed by atoms with van der Waals surface area (Å²) in [6.45, 7) is 3.99. The molecular formula is C17H30N2. The Balaban J connectivity index is 1.44. The molecule has 4 bridgehead atoms. The van der Waals surface area contributed by atoms with Crippen LogP contribution in [-0.4, -0.2) is 30.6 Å². The van der Waals surface area contributed by atoms with Gasteiger partial charge in [-0.3, -0.25) is 0 Å². The Bertz CT molecular complexity index is 303. The molecule has 0 aromatic carbocycles. The Kier molecular flexibility index (Phi) is 3.15. The summed E-state index contributed by atoms with van der Waals surface area (Å²) >= 11 is 0. The van der Waals surface area contributed by atoms with Crippen molar-refractivity contribution in [1.29, 1.82) is 0 Å². The quantitative estimate of drug-likeness (QED) is 0.829. The first-order chi connectivity index (χ1) is 9.21. The third kappa shape index (κ3) is 2.47. The predicted octanol–water partition coefficient (Wildman–Crippen LogP) is 3.02. The van der Waals surface area contributed by atoms with Gasteiger partial charge in [0.05, 0.1) is 0 Å². The molecule has 2 N–H and O–H groups in total. The fourth-order valence-corrected chi connectivity index (χ4v) is 6.30. The van der Waals surface area contributed by atoms with E-state index in [1.54, 1.807) is 38.5 Å². The highest BCUT2D eigenvalue weighted by Gasteiger charge is 2.51. The lowest BCUT2D eigenvalue weighted by atomic mass is 9.49. The zero-order valence-electron chi connectivity index (χ0n) is 12.3. The lowest BCUT2D eigenvalue weighted by molar-refractivity contribution is -0.0687. The van der Waals surface area contributed by atoms with E-state index in [1.807, 2.05) is 0 Å². The van der Waals surface area contributed by atoms with Crippen molar-refractivity contribution in [2.24, 2.45) is 28.9 Å². The van der Waals surface area contributed by atoms with Crippen molar-refractivity contribution >= 4 is 0 Å². The Labute approximate surface area is 118 Å². The van der Waals surface area contributed by atoms with E-state index in [1.165, 1.54) is 38.9 Å². The summed E-state index contributed by atoms with van der Waals surface area (Å²) in [6.07, 6.45) is 13.2. The van der Waals surface area contributed by atoms with E-state index in [2.05, 4.69) is 4.90 Å². The molecule has 19 heavy (non-hydrogen) atoms. The average Bonchev–Trinajstić information content (AvgIpc) is 2.52. The maximum Gasteiger partial charge on any atom is 0.00514 e. The van der Waals surface area contributed by atoms with Gasteiger partial charge in [0.15, 0.2) is 0 Å². The summed E-state index contributed by atoms with van der Waals surface area (Å²) in [6, 6.07) is 0.473. The number of rotatable bonds is 2. The van der Waals surface area contributed by atoms with E-state index < -0.39 is 0 Å². The predicted molar refractivity (Wildman–Crippen MR) is 78.9 cm³/mol. The lowest BCUT2D eigenvalue weighted by Gasteiger charge is -2.58. The van der Waals surface area contributed by atoms with Crippen LogP contribution in [0.5, 0.6) is 0 Å². The maximum absolute atomic E-state index is 6.13. The fourth-order valence-electron chi connectivity index (χ4n) is 6.30. The zero-order valence-corrected chi connectivity index (χ0v) is 12.3. The van der Waals surface area contributed by atoms with Crippen molar-refractivity contribution in [3.63, 3.8) is 0 Å². The molecule has 1 saturated heterocycles. The monoisotopic (exact) mass is 262 g/mol. The van der Waals surface area contributed by atoms with Crippen LogP contribution < -0.4 is 5.73 Å². The van der Waals surface area contributed by atoms with Crippen LogP contribution in [0.25, 0.3) is 0 Å². The minimum absolute atomic E-state index is 0.473. The molecular weight excluding hydrogens is 232 g/mol. The maximum atomic E-state index is 6.13. The summed E-state index contributed by atoms with van der Waals surface area (Å²) < 4.78 is 0. The molecule has 4 aliphatic carbocycles. The second-order valence-corrected chi connectivity index (χ2v) is 8.38. The minimum atomic E-state index is 0.473. The first-order valence-corrected chi connectivity index (χ1v) is 8.69. The number of likely N-dealkylation sites (tertiary alicyclic amines) is 1. The lowest BCUT2D eigenvalue weighted by Crippen LogP contribution is -2.51. The van der Waals surface area contributed by atoms with Crippen LogP contribution in [0.15, 0.2) is 0 Å². The largest absolute Gasteiger partial charge is 0.328 e. The molecule has 1 atom stereocenters. The third-order valence-corrected chi connectivity index (χ3v) is 6.59. The standard InChI is InChI=1S/C17H30N2/c18-16-2-1-4-19(5-3-16)12-17-9-13-6-14(10-17)8-15(7-13)11-17/h13-16H,1-12,18H2. The molecule has 0 radical (unpaired) electrons. The summed E-state index contributed by atoms with van der Waals surface area (Å²) in [4.78, 5) is 2.78. The molecule has 108 valence electrons. The second-order valence-electron chi connectivity index (χ2n) is 8.38. The molecule has 0 aromatic rings. The molecule has 1 aliphatic heterocycles. The average molecular weight is 262 g/mol. The Morgan fingerprint density at radius 3 is 2.16 bits per heavy atom. The SMILES string of the molecule is NC1CCCN(CC23CC4CC(CC(C4)C2)C3)CC1. The van der Waals surface area contributed by atoms with Gasteiger partial charge in [0, 0.05) is 12.6 Å². The summed E-state index contributed by atoms with van der Waals surface area (Å²) in [5.41, 5.74) is 6.86. The van der Waals surface area contributed by atoms with Crippen molar-refractivity contribution in [1.82, 2.24) is 4.90 Å². The van der Waals surface area contributed by atoms with Gasteiger partial charge in [-0.2, -0.15) is 0 Å². The van der Waals surface area contributed by atoms with Gasteiger partial charge in [-0.05, 0) is 94.0 Å². The molecule has 5 aliphatic rings. The van der Waals surface area contributed by atoms with Crippen molar-refractivity contribution in [2.45, 2.75) is 63.8 Å². The van der Waals surface area contributed by atoms with Gasteiger partial charge in [-0.15, -0.1) is 0 Å². The summed E-state index contributed by atoms with van der Waals surface area (Å²) in [5, 5.41) is 0. The molecule has 5 rings (SSSR count). The van der Waals surface area contributed by atoms with Gasteiger partial charge in [0.2, 0.25) is 0 Å². The molecule has 2 heteroatoms. The van der Waals surface area contributed by atoms with Gasteiger partial charge in [0.1, 0.15) is 0 Å². The van der Waals surface area contributed by atoms with E-state index >= 15 is 0 Å². The van der Waals surface area contributed by atoms with Crippen molar-refractivity contribution in [3.8, 4) is 0 Å². The van der Waals surface area contributed by atoms with Crippen LogP contribution in [-0.2, 0) is 0 Å². The first kappa shape index (κ1) is 12.6. The number of hydrogen-bond donors (Lipinski definition) is 1. The van der Waals surface area contributed by atoms with E-state index in [0.717, 1.165) is 23.2 Å². The summed E-state index contributed by atoms with van der Waals surface area (Å²) in [7, 11) is 0. The third-order valence-electron chi connectivity index (χ3n) is 6.59. The van der Waals surface area contributed by atoms with Crippen molar-refractivity contribution < 1.29 is 0 Å². The summed E-state index contributed by atoms with van der Waals surface area (Å²) in [5.74, 6) is 3.29. The van der Waals surface area contributed by atoms with Crippen LogP contribution in [0, 0.1) is 23.2 Å². The second kappa shape index (κ2) is 4.73. The molecule has 4 saturated carbocycles. The molecule has 1 unspecified atom stereocenters. The normalized spacial score (nSPS) is 50.4. The highest BCUT2D eigenvalue weighted by Crippen LogP contribution is 2.60. The number of hydrogen-bond acceptors (Lipinski definition) is 2. The van der Waals surface area contributed by atoms with E-state index in [4.69, 9.17) is 5.73 Å². The van der Waals surface area contributed by atoms with E-state index in [0.29, 0.717) is 6.04 Å². The molecule has 1 heterocycles. The highest BCUT2D eigenvalue weighted by molar-refractivity contribution is 5.02. The van der Waals surface area contributed by atoms with Crippen LogP contribution >= 0.6 is 0 Å². The van der Waals surface area contributed by atoms with Crippen molar-refractivity contribution in [2.75, 3.05) is 19.6 Å². The zero-order chi connectivity index (χ0) is 12.9. The molecule has 0 spiro atoms. The van der Waals surface area contributed by atoms with Gasteiger partial charge < -0.3 is 10.6 Å². The van der Waals surface area contributed by atoms with E-state index in [9.17, 15) is 0 Å². The minimum Gasteiger partial charge on any atom is -0.328 e. The van der Waals surface area contributed by atoms with Gasteiger partial charge in [0.25, 0.3) is 0 Å².